The van der Waals surface area contributed by atoms with Gasteiger partial charge in [-0.15, -0.1) is 0 Å². The number of hydrogen-bond acceptors (Lipinski definition) is 7. The molecule has 4 rings (SSSR count). The van der Waals surface area contributed by atoms with Crippen LogP contribution in [0.2, 0.25) is 0 Å². The second kappa shape index (κ2) is 11.1. The first-order chi connectivity index (χ1) is 16.2. The molecular weight excluding hydrogens is 454 g/mol. The van der Waals surface area contributed by atoms with Crippen molar-refractivity contribution in [2.24, 2.45) is 0 Å². The molecule has 1 aromatic heterocycles. The van der Waals surface area contributed by atoms with Crippen molar-refractivity contribution in [3.8, 4) is 0 Å². The number of benzene rings is 2. The van der Waals surface area contributed by atoms with Gasteiger partial charge in [0, 0.05) is 31.2 Å². The van der Waals surface area contributed by atoms with E-state index >= 15 is 0 Å². The Labute approximate surface area is 198 Å². The fourth-order valence-corrected chi connectivity index (χ4v) is 3.82. The normalized spacial score (nSPS) is 15.5. The molecule has 3 aromatic rings. The van der Waals surface area contributed by atoms with Gasteiger partial charge in [0.2, 0.25) is 11.4 Å². The number of para-hydroxylation sites is 1. The first-order valence-electron chi connectivity index (χ1n) is 10.2. The van der Waals surface area contributed by atoms with Crippen LogP contribution in [0.4, 0.5) is 11.4 Å². The van der Waals surface area contributed by atoms with E-state index in [1.54, 1.807) is 30.6 Å². The molecule has 1 aliphatic heterocycles. The Hall–Kier alpha value is -4.15. The van der Waals surface area contributed by atoms with Crippen molar-refractivity contribution in [1.29, 1.82) is 0 Å². The molecule has 1 aliphatic rings. The number of carbonyl (C=O) groups excluding carboxylic acids is 1. The molecule has 34 heavy (non-hydrogen) atoms. The lowest BCUT2D eigenvalue weighted by Crippen LogP contribution is -2.52. The highest BCUT2D eigenvalue weighted by Crippen LogP contribution is 2.21. The van der Waals surface area contributed by atoms with E-state index in [1.807, 2.05) is 54.6 Å². The summed E-state index contributed by atoms with van der Waals surface area (Å²) in [7, 11) is -4.40. The maximum Gasteiger partial charge on any atom is 0.306 e. The molecule has 0 saturated carbocycles. The van der Waals surface area contributed by atoms with Crippen LogP contribution < -0.4 is 16.8 Å². The molecule has 0 bridgehead atoms. The molecule has 176 valence electrons. The molecule has 1 atom stereocenters. The minimum absolute atomic E-state index is 0.226. The zero-order chi connectivity index (χ0) is 24.6. The highest BCUT2D eigenvalue weighted by Gasteiger charge is 2.32. The van der Waals surface area contributed by atoms with Crippen LogP contribution in [-0.2, 0) is 21.5 Å². The van der Waals surface area contributed by atoms with E-state index in [0.29, 0.717) is 11.4 Å². The van der Waals surface area contributed by atoms with Gasteiger partial charge in [-0.2, -0.15) is 8.42 Å². The number of anilines is 2. The first kappa shape index (κ1) is 24.5. The molecule has 2 heterocycles. The van der Waals surface area contributed by atoms with Gasteiger partial charge in [0.1, 0.15) is 0 Å². The number of nitrogens with two attached hydrogens (primary N) is 2. The van der Waals surface area contributed by atoms with E-state index in [0.717, 1.165) is 16.7 Å². The van der Waals surface area contributed by atoms with Crippen LogP contribution in [0.5, 0.6) is 0 Å². The summed E-state index contributed by atoms with van der Waals surface area (Å²) in [6.07, 6.45) is 9.67. The third-order valence-corrected chi connectivity index (χ3v) is 5.76. The topological polar surface area (TPSA) is 152 Å². The van der Waals surface area contributed by atoms with Gasteiger partial charge in [0.15, 0.2) is 0 Å². The van der Waals surface area contributed by atoms with Crippen LogP contribution in [0, 0.1) is 0 Å². The third kappa shape index (κ3) is 6.92. The summed E-state index contributed by atoms with van der Waals surface area (Å²) >= 11 is 0. The average Bonchev–Trinajstić information content (AvgIpc) is 2.82. The van der Waals surface area contributed by atoms with Gasteiger partial charge in [0.25, 0.3) is 0 Å². The van der Waals surface area contributed by atoms with Crippen LogP contribution in [0.15, 0.2) is 85.3 Å². The van der Waals surface area contributed by atoms with Crippen LogP contribution in [0.1, 0.15) is 16.7 Å². The molecule has 1 unspecified atom stereocenters. The maximum atomic E-state index is 11.2. The number of nitrogens with one attached hydrogen (secondary N) is 1. The van der Waals surface area contributed by atoms with Crippen LogP contribution in [0.3, 0.4) is 0 Å². The summed E-state index contributed by atoms with van der Waals surface area (Å²) in [5.74, 6) is -0.566. The Morgan fingerprint density at radius 2 is 1.71 bits per heavy atom. The minimum Gasteiger partial charge on any atom is -0.397 e. The summed E-state index contributed by atoms with van der Waals surface area (Å²) in [6, 6.07) is 19.2. The number of nitrogen functional groups attached to an aromatic ring is 2. The van der Waals surface area contributed by atoms with E-state index in [-0.39, 0.29) is 6.54 Å². The number of nitrogens with zero attached hydrogens (tertiary/aromatic N) is 2. The van der Waals surface area contributed by atoms with Crippen molar-refractivity contribution in [3.05, 3.63) is 102 Å². The van der Waals surface area contributed by atoms with Crippen molar-refractivity contribution < 1.29 is 17.8 Å². The zero-order valence-electron chi connectivity index (χ0n) is 18.2. The fourth-order valence-electron chi connectivity index (χ4n) is 3.07. The molecule has 9 nitrogen and oxygen atoms in total. The van der Waals surface area contributed by atoms with E-state index < -0.39 is 21.5 Å². The Morgan fingerprint density at radius 1 is 1.00 bits per heavy atom. The number of aromatic nitrogens is 1. The quantitative estimate of drug-likeness (QED) is 0.248. The largest absolute Gasteiger partial charge is 0.397 e. The molecule has 0 aliphatic carbocycles. The standard InChI is InChI=1S/C14H14N2.C10H11N3O4S/c15-13-8-4-7-12(14(13)16)10-9-11-5-2-1-3-6-11;14-9-3-6-13(10(12-9)18(15,16)17)7-8-1-4-11-5-2-8/h1-10H,15-16H2;1-6,10H,7H2,(H,12,14)(H,15,16,17). The molecule has 6 N–H and O–H groups in total. The number of pyridine rings is 1. The lowest BCUT2D eigenvalue weighted by atomic mass is 10.1. The van der Waals surface area contributed by atoms with Gasteiger partial charge in [-0.25, -0.2) is 0 Å². The van der Waals surface area contributed by atoms with E-state index in [9.17, 15) is 13.2 Å². The summed E-state index contributed by atoms with van der Waals surface area (Å²) in [5.41, 5.74) is 14.3. The Bertz CT molecular complexity index is 1280. The van der Waals surface area contributed by atoms with Gasteiger partial charge in [-0.1, -0.05) is 54.6 Å². The molecule has 0 spiro atoms. The number of carbonyl (C=O) groups is 1. The molecular formula is C24H25N5O4S. The first-order valence-corrected chi connectivity index (χ1v) is 11.7. The van der Waals surface area contributed by atoms with Gasteiger partial charge in [-0.05, 0) is 34.9 Å². The lowest BCUT2D eigenvalue weighted by Gasteiger charge is -2.31. The maximum absolute atomic E-state index is 11.2. The molecule has 1 amide bonds. The van der Waals surface area contributed by atoms with Gasteiger partial charge < -0.3 is 21.7 Å². The predicted molar refractivity (Wildman–Crippen MR) is 133 cm³/mol. The Kier molecular flexibility index (Phi) is 8.01. The average molecular weight is 480 g/mol. The summed E-state index contributed by atoms with van der Waals surface area (Å²) in [6.45, 7) is 0.226. The summed E-state index contributed by atoms with van der Waals surface area (Å²) in [5, 5.41) is 2.17. The van der Waals surface area contributed by atoms with Crippen LogP contribution >= 0.6 is 0 Å². The summed E-state index contributed by atoms with van der Waals surface area (Å²) in [4.78, 5) is 16.3. The second-order valence-corrected chi connectivity index (χ2v) is 8.79. The SMILES string of the molecule is Nc1cccc(C=Cc2ccccc2)c1N.O=C1C=CN(Cc2ccncc2)C(S(=O)(=O)O)N1. The Balaban J connectivity index is 0.000000192. The van der Waals surface area contributed by atoms with Crippen molar-refractivity contribution in [1.82, 2.24) is 15.2 Å². The second-order valence-electron chi connectivity index (χ2n) is 7.31. The predicted octanol–water partition coefficient (Wildman–Crippen LogP) is 2.72. The van der Waals surface area contributed by atoms with Gasteiger partial charge >= 0.3 is 10.1 Å². The molecule has 0 fully saturated rings. The lowest BCUT2D eigenvalue weighted by molar-refractivity contribution is -0.118. The summed E-state index contributed by atoms with van der Waals surface area (Å²) < 4.78 is 31.4. The zero-order valence-corrected chi connectivity index (χ0v) is 19.0. The van der Waals surface area contributed by atoms with Crippen molar-refractivity contribution in [2.45, 2.75) is 12.0 Å². The molecule has 2 aromatic carbocycles. The van der Waals surface area contributed by atoms with E-state index in [1.165, 1.54) is 17.2 Å². The highest BCUT2D eigenvalue weighted by molar-refractivity contribution is 7.86. The highest BCUT2D eigenvalue weighted by atomic mass is 32.2. The fraction of sp³-hybridized carbons (Fsp3) is 0.0833. The Morgan fingerprint density at radius 3 is 2.38 bits per heavy atom. The minimum atomic E-state index is -4.40. The molecule has 0 radical (unpaired) electrons. The van der Waals surface area contributed by atoms with E-state index in [2.05, 4.69) is 10.3 Å². The van der Waals surface area contributed by atoms with Crippen LogP contribution in [0.25, 0.3) is 12.2 Å². The molecule has 0 saturated heterocycles. The molecule has 10 heteroatoms. The van der Waals surface area contributed by atoms with Crippen LogP contribution in [-0.4, -0.2) is 34.3 Å². The van der Waals surface area contributed by atoms with Gasteiger partial charge in [0.05, 0.1) is 11.4 Å². The number of hydrogen-bond donors (Lipinski definition) is 4. The van der Waals surface area contributed by atoms with Gasteiger partial charge in [-0.3, -0.25) is 14.3 Å². The van der Waals surface area contributed by atoms with Crippen molar-refractivity contribution in [3.63, 3.8) is 0 Å². The van der Waals surface area contributed by atoms with Crippen molar-refractivity contribution >= 4 is 39.6 Å². The van der Waals surface area contributed by atoms with E-state index in [4.69, 9.17) is 16.0 Å². The van der Waals surface area contributed by atoms with Crippen molar-refractivity contribution in [2.75, 3.05) is 11.5 Å². The smallest absolute Gasteiger partial charge is 0.306 e. The monoisotopic (exact) mass is 479 g/mol. The number of rotatable bonds is 5. The third-order valence-electron chi connectivity index (χ3n) is 4.81. The number of amides is 1.